The summed E-state index contributed by atoms with van der Waals surface area (Å²) in [5.74, 6) is 1.39. The van der Waals surface area contributed by atoms with Crippen molar-refractivity contribution in [2.75, 3.05) is 4.72 Å². The minimum Gasteiger partial charge on any atom is -0.420 e. The lowest BCUT2D eigenvalue weighted by molar-refractivity contribution is 0.509. The number of aromatic nitrogens is 2. The molecule has 1 aliphatic carbocycles. The lowest BCUT2D eigenvalue weighted by Gasteiger charge is -2.10. The number of rotatable bonds is 5. The van der Waals surface area contributed by atoms with Gasteiger partial charge in [-0.25, -0.2) is 8.42 Å². The van der Waals surface area contributed by atoms with Crippen molar-refractivity contribution >= 4 is 27.0 Å². The van der Waals surface area contributed by atoms with Crippen molar-refractivity contribution in [3.05, 3.63) is 47.3 Å². The van der Waals surface area contributed by atoms with Crippen LogP contribution in [0, 0.1) is 13.8 Å². The van der Waals surface area contributed by atoms with Crippen LogP contribution in [0.3, 0.4) is 0 Å². The lowest BCUT2D eigenvalue weighted by atomic mass is 10.1. The molecular weight excluding hydrogens is 358 g/mol. The molecule has 1 fully saturated rings. The number of benzene rings is 1. The number of hydrogen-bond acceptors (Lipinski definition) is 6. The van der Waals surface area contributed by atoms with Crippen LogP contribution >= 0.6 is 11.3 Å². The number of nitrogens with one attached hydrogen (secondary N) is 1. The zero-order valence-corrected chi connectivity index (χ0v) is 15.4. The van der Waals surface area contributed by atoms with Crippen LogP contribution in [-0.2, 0) is 10.0 Å². The normalized spacial score (nSPS) is 14.6. The summed E-state index contributed by atoms with van der Waals surface area (Å²) in [5, 5.41) is 8.07. The summed E-state index contributed by atoms with van der Waals surface area (Å²) >= 11 is 1.12. The molecule has 3 aromatic rings. The van der Waals surface area contributed by atoms with Gasteiger partial charge in [0.05, 0.1) is 10.6 Å². The number of hydrogen-bond donors (Lipinski definition) is 1. The van der Waals surface area contributed by atoms with Gasteiger partial charge in [0.15, 0.2) is 0 Å². The van der Waals surface area contributed by atoms with Gasteiger partial charge < -0.3 is 4.42 Å². The Morgan fingerprint density at radius 3 is 2.72 bits per heavy atom. The number of sulfonamides is 1. The molecule has 0 bridgehead atoms. The first-order valence-corrected chi connectivity index (χ1v) is 10.3. The fourth-order valence-electron chi connectivity index (χ4n) is 2.47. The van der Waals surface area contributed by atoms with Crippen LogP contribution in [-0.4, -0.2) is 18.6 Å². The van der Waals surface area contributed by atoms with E-state index in [1.165, 1.54) is 0 Å². The monoisotopic (exact) mass is 375 g/mol. The molecule has 0 aliphatic heterocycles. The predicted molar refractivity (Wildman–Crippen MR) is 96.3 cm³/mol. The highest BCUT2D eigenvalue weighted by Gasteiger charge is 2.30. The van der Waals surface area contributed by atoms with E-state index in [4.69, 9.17) is 4.42 Å². The van der Waals surface area contributed by atoms with Gasteiger partial charge in [-0.1, -0.05) is 12.1 Å². The van der Waals surface area contributed by atoms with Crippen molar-refractivity contribution in [2.24, 2.45) is 0 Å². The summed E-state index contributed by atoms with van der Waals surface area (Å²) in [5.41, 5.74) is 2.53. The van der Waals surface area contributed by atoms with Crippen LogP contribution in [0.15, 0.2) is 39.0 Å². The molecule has 2 heterocycles. The maximum Gasteiger partial charge on any atom is 0.271 e. The summed E-state index contributed by atoms with van der Waals surface area (Å²) in [4.78, 5) is 0.653. The first kappa shape index (κ1) is 16.3. The molecule has 0 saturated heterocycles. The smallest absolute Gasteiger partial charge is 0.271 e. The van der Waals surface area contributed by atoms with Crippen LogP contribution in [0.2, 0.25) is 0 Å². The Hall–Kier alpha value is -2.19. The fourth-order valence-corrected chi connectivity index (χ4v) is 4.82. The standard InChI is InChI=1S/C17H17N3O3S2/c1-10-4-3-5-13(11(10)2)20-25(21,22)15-9-8-14(24-15)17-19-18-16(23-17)12-6-7-12/h3-5,8-9,12,20H,6-7H2,1-2H3. The molecule has 0 amide bonds. The van der Waals surface area contributed by atoms with Gasteiger partial charge in [-0.05, 0) is 56.0 Å². The van der Waals surface area contributed by atoms with Gasteiger partial charge in [0.1, 0.15) is 4.21 Å². The summed E-state index contributed by atoms with van der Waals surface area (Å²) in [6.45, 7) is 3.84. The summed E-state index contributed by atoms with van der Waals surface area (Å²) in [6, 6.07) is 8.80. The van der Waals surface area contributed by atoms with Crippen molar-refractivity contribution in [3.63, 3.8) is 0 Å². The molecule has 1 aliphatic rings. The number of thiophene rings is 1. The molecular formula is C17H17N3O3S2. The fraction of sp³-hybridized carbons (Fsp3) is 0.294. The van der Waals surface area contributed by atoms with Crippen molar-refractivity contribution in [1.82, 2.24) is 10.2 Å². The summed E-state index contributed by atoms with van der Waals surface area (Å²) < 4.78 is 33.9. The van der Waals surface area contributed by atoms with E-state index in [1.54, 1.807) is 18.2 Å². The maximum absolute atomic E-state index is 12.7. The molecule has 0 atom stereocenters. The van der Waals surface area contributed by atoms with Crippen molar-refractivity contribution < 1.29 is 12.8 Å². The van der Waals surface area contributed by atoms with E-state index in [-0.39, 0.29) is 4.21 Å². The quantitative estimate of drug-likeness (QED) is 0.726. The predicted octanol–water partition coefficient (Wildman–Crippen LogP) is 4.09. The summed E-state index contributed by atoms with van der Waals surface area (Å²) in [6.07, 6.45) is 2.15. The van der Waals surface area contributed by atoms with Gasteiger partial charge >= 0.3 is 0 Å². The molecule has 8 heteroatoms. The second-order valence-electron chi connectivity index (χ2n) is 6.19. The highest BCUT2D eigenvalue weighted by molar-refractivity contribution is 7.94. The minimum absolute atomic E-state index is 0.217. The van der Waals surface area contributed by atoms with Gasteiger partial charge in [-0.15, -0.1) is 21.5 Å². The first-order chi connectivity index (χ1) is 11.9. The number of anilines is 1. The lowest BCUT2D eigenvalue weighted by Crippen LogP contribution is -2.12. The Balaban J connectivity index is 1.60. The Morgan fingerprint density at radius 1 is 1.16 bits per heavy atom. The van der Waals surface area contributed by atoms with Crippen molar-refractivity contribution in [3.8, 4) is 10.8 Å². The summed E-state index contributed by atoms with van der Waals surface area (Å²) in [7, 11) is -3.66. The van der Waals surface area contributed by atoms with Crippen LogP contribution in [0.5, 0.6) is 0 Å². The van der Waals surface area contributed by atoms with Crippen LogP contribution in [0.1, 0.15) is 35.8 Å². The van der Waals surface area contributed by atoms with Gasteiger partial charge in [0.25, 0.3) is 15.9 Å². The molecule has 2 aromatic heterocycles. The number of nitrogens with zero attached hydrogens (tertiary/aromatic N) is 2. The van der Waals surface area contributed by atoms with E-state index in [0.717, 1.165) is 35.3 Å². The molecule has 130 valence electrons. The van der Waals surface area contributed by atoms with E-state index >= 15 is 0 Å². The first-order valence-electron chi connectivity index (χ1n) is 7.97. The molecule has 4 rings (SSSR count). The second-order valence-corrected chi connectivity index (χ2v) is 9.18. The van der Waals surface area contributed by atoms with E-state index in [9.17, 15) is 8.42 Å². The average molecular weight is 375 g/mol. The van der Waals surface area contributed by atoms with Gasteiger partial charge in [0.2, 0.25) is 5.89 Å². The highest BCUT2D eigenvalue weighted by Crippen LogP contribution is 2.40. The third-order valence-electron chi connectivity index (χ3n) is 4.27. The Kier molecular flexibility index (Phi) is 3.88. The second kappa shape index (κ2) is 5.96. The SMILES string of the molecule is Cc1cccc(NS(=O)(=O)c2ccc(-c3nnc(C4CC4)o3)s2)c1C. The largest absolute Gasteiger partial charge is 0.420 e. The topological polar surface area (TPSA) is 85.1 Å². The highest BCUT2D eigenvalue weighted by atomic mass is 32.2. The third kappa shape index (κ3) is 3.19. The third-order valence-corrected chi connectivity index (χ3v) is 7.20. The number of aryl methyl sites for hydroxylation is 1. The zero-order chi connectivity index (χ0) is 17.6. The van der Waals surface area contributed by atoms with Gasteiger partial charge in [-0.3, -0.25) is 4.72 Å². The van der Waals surface area contributed by atoms with E-state index < -0.39 is 10.0 Å². The van der Waals surface area contributed by atoms with Gasteiger partial charge in [-0.2, -0.15) is 0 Å². The Bertz CT molecular complexity index is 1030. The molecule has 6 nitrogen and oxygen atoms in total. The van der Waals surface area contributed by atoms with Crippen molar-refractivity contribution in [2.45, 2.75) is 36.8 Å². The van der Waals surface area contributed by atoms with Crippen LogP contribution in [0.25, 0.3) is 10.8 Å². The molecule has 0 spiro atoms. The Labute approximate surface area is 150 Å². The van der Waals surface area contributed by atoms with E-state index in [0.29, 0.717) is 28.3 Å². The maximum atomic E-state index is 12.7. The molecule has 0 unspecified atom stereocenters. The Morgan fingerprint density at radius 2 is 1.96 bits per heavy atom. The molecule has 25 heavy (non-hydrogen) atoms. The van der Waals surface area contributed by atoms with Crippen LogP contribution < -0.4 is 4.72 Å². The van der Waals surface area contributed by atoms with E-state index in [1.807, 2.05) is 26.0 Å². The minimum atomic E-state index is -3.66. The van der Waals surface area contributed by atoms with Gasteiger partial charge in [0, 0.05) is 5.92 Å². The molecule has 1 saturated carbocycles. The van der Waals surface area contributed by atoms with E-state index in [2.05, 4.69) is 14.9 Å². The molecule has 1 aromatic carbocycles. The average Bonchev–Trinajstić information content (AvgIpc) is 3.10. The van der Waals surface area contributed by atoms with Crippen molar-refractivity contribution in [1.29, 1.82) is 0 Å². The van der Waals surface area contributed by atoms with Crippen LogP contribution in [0.4, 0.5) is 5.69 Å². The molecule has 1 N–H and O–H groups in total. The zero-order valence-electron chi connectivity index (χ0n) is 13.8. The molecule has 0 radical (unpaired) electrons.